The number of halogens is 1. The first-order chi connectivity index (χ1) is 12.0. The summed E-state index contributed by atoms with van der Waals surface area (Å²) < 4.78 is 10.1. The monoisotopic (exact) mass is 374 g/mol. The van der Waals surface area contributed by atoms with Crippen LogP contribution in [0.1, 0.15) is 22.0 Å². The standard InChI is InChI=1S/C18H15ClN2O3S/c1-11-9-15(12-3-5-13(19)6-4-12)21-18(20-11)25-10-14-7-8-16(24-14)17(22)23-2/h3-9H,10H2,1-2H3. The lowest BCUT2D eigenvalue weighted by Gasteiger charge is -2.05. The van der Waals surface area contributed by atoms with Crippen molar-refractivity contribution in [2.75, 3.05) is 7.11 Å². The number of benzene rings is 1. The van der Waals surface area contributed by atoms with Crippen molar-refractivity contribution in [3.05, 3.63) is 64.7 Å². The zero-order valence-electron chi connectivity index (χ0n) is 13.7. The van der Waals surface area contributed by atoms with Crippen LogP contribution in [-0.2, 0) is 10.5 Å². The van der Waals surface area contributed by atoms with Gasteiger partial charge < -0.3 is 9.15 Å². The van der Waals surface area contributed by atoms with Crippen molar-refractivity contribution in [1.29, 1.82) is 0 Å². The number of esters is 1. The zero-order valence-corrected chi connectivity index (χ0v) is 15.2. The summed E-state index contributed by atoms with van der Waals surface area (Å²) >= 11 is 7.37. The number of carbonyl (C=O) groups excluding carboxylic acids is 1. The van der Waals surface area contributed by atoms with Crippen molar-refractivity contribution in [3.63, 3.8) is 0 Å². The van der Waals surface area contributed by atoms with Gasteiger partial charge >= 0.3 is 5.97 Å². The van der Waals surface area contributed by atoms with Gasteiger partial charge in [-0.1, -0.05) is 35.5 Å². The molecule has 3 aromatic rings. The first-order valence-corrected chi connectivity index (χ1v) is 8.83. The van der Waals surface area contributed by atoms with Crippen LogP contribution >= 0.6 is 23.4 Å². The van der Waals surface area contributed by atoms with Gasteiger partial charge in [0.05, 0.1) is 18.6 Å². The van der Waals surface area contributed by atoms with E-state index >= 15 is 0 Å². The van der Waals surface area contributed by atoms with Crippen molar-refractivity contribution < 1.29 is 13.9 Å². The number of hydrogen-bond donors (Lipinski definition) is 0. The van der Waals surface area contributed by atoms with Gasteiger partial charge in [0.2, 0.25) is 5.76 Å². The Morgan fingerprint density at radius 2 is 1.96 bits per heavy atom. The molecule has 3 rings (SSSR count). The molecule has 0 fully saturated rings. The fourth-order valence-electron chi connectivity index (χ4n) is 2.18. The average Bonchev–Trinajstić information content (AvgIpc) is 3.08. The Kier molecular flexibility index (Phi) is 5.40. The Bertz CT molecular complexity index is 894. The van der Waals surface area contributed by atoms with Gasteiger partial charge in [-0.15, -0.1) is 0 Å². The van der Waals surface area contributed by atoms with Crippen molar-refractivity contribution in [2.24, 2.45) is 0 Å². The zero-order chi connectivity index (χ0) is 17.8. The Morgan fingerprint density at radius 3 is 2.68 bits per heavy atom. The second kappa shape index (κ2) is 7.72. The topological polar surface area (TPSA) is 65.2 Å². The molecule has 0 amide bonds. The third-order valence-electron chi connectivity index (χ3n) is 3.37. The molecular formula is C18H15ClN2O3S. The number of rotatable bonds is 5. The molecule has 0 saturated carbocycles. The van der Waals surface area contributed by atoms with Gasteiger partial charge in [-0.2, -0.15) is 0 Å². The van der Waals surface area contributed by atoms with E-state index in [1.165, 1.54) is 18.9 Å². The predicted octanol–water partition coefficient (Wildman–Crippen LogP) is 4.78. The fourth-order valence-corrected chi connectivity index (χ4v) is 3.10. The Balaban J connectivity index is 1.75. The summed E-state index contributed by atoms with van der Waals surface area (Å²) in [5, 5.41) is 1.32. The maximum Gasteiger partial charge on any atom is 0.373 e. The number of aromatic nitrogens is 2. The highest BCUT2D eigenvalue weighted by Gasteiger charge is 2.12. The number of methoxy groups -OCH3 is 1. The lowest BCUT2D eigenvalue weighted by Crippen LogP contribution is -1.98. The molecule has 2 heterocycles. The molecule has 2 aromatic heterocycles. The maximum absolute atomic E-state index is 11.4. The van der Waals surface area contributed by atoms with E-state index in [1.54, 1.807) is 12.1 Å². The summed E-state index contributed by atoms with van der Waals surface area (Å²) in [6.07, 6.45) is 0. The molecular weight excluding hydrogens is 360 g/mol. The van der Waals surface area contributed by atoms with E-state index in [4.69, 9.17) is 16.0 Å². The smallest absolute Gasteiger partial charge is 0.373 e. The number of furan rings is 1. The van der Waals surface area contributed by atoms with E-state index in [9.17, 15) is 4.79 Å². The van der Waals surface area contributed by atoms with Gasteiger partial charge in [0.1, 0.15) is 5.76 Å². The van der Waals surface area contributed by atoms with Gasteiger partial charge in [-0.3, -0.25) is 0 Å². The third kappa shape index (κ3) is 4.41. The van der Waals surface area contributed by atoms with E-state index in [2.05, 4.69) is 14.7 Å². The van der Waals surface area contributed by atoms with E-state index in [-0.39, 0.29) is 5.76 Å². The van der Waals surface area contributed by atoms with Crippen LogP contribution in [0, 0.1) is 6.92 Å². The minimum atomic E-state index is -0.493. The van der Waals surface area contributed by atoms with Crippen LogP contribution < -0.4 is 0 Å². The molecule has 25 heavy (non-hydrogen) atoms. The van der Waals surface area contributed by atoms with Crippen molar-refractivity contribution in [1.82, 2.24) is 9.97 Å². The summed E-state index contributed by atoms with van der Waals surface area (Å²) in [5.41, 5.74) is 2.68. The van der Waals surface area contributed by atoms with Crippen molar-refractivity contribution >= 4 is 29.3 Å². The molecule has 0 atom stereocenters. The summed E-state index contributed by atoms with van der Waals surface area (Å²) in [6.45, 7) is 1.92. The molecule has 7 heteroatoms. The quantitative estimate of drug-likeness (QED) is 0.364. The lowest BCUT2D eigenvalue weighted by molar-refractivity contribution is 0.0563. The van der Waals surface area contributed by atoms with Crippen LogP contribution in [0.2, 0.25) is 5.02 Å². The predicted molar refractivity (Wildman–Crippen MR) is 96.8 cm³/mol. The van der Waals surface area contributed by atoms with Gasteiger partial charge in [0, 0.05) is 16.3 Å². The third-order valence-corrected chi connectivity index (χ3v) is 4.49. The average molecular weight is 375 g/mol. The molecule has 0 aliphatic carbocycles. The Hall–Kier alpha value is -2.31. The van der Waals surface area contributed by atoms with Crippen LogP contribution in [0.25, 0.3) is 11.3 Å². The molecule has 0 saturated heterocycles. The molecule has 0 unspecified atom stereocenters. The summed E-state index contributed by atoms with van der Waals surface area (Å²) in [4.78, 5) is 20.4. The number of hydrogen-bond acceptors (Lipinski definition) is 6. The fraction of sp³-hybridized carbons (Fsp3) is 0.167. The lowest BCUT2D eigenvalue weighted by atomic mass is 10.1. The second-order valence-corrected chi connectivity index (χ2v) is 6.61. The first kappa shape index (κ1) is 17.5. The van der Waals surface area contributed by atoms with Crippen LogP contribution in [-0.4, -0.2) is 23.0 Å². The number of nitrogens with zero attached hydrogens (tertiary/aromatic N) is 2. The number of ether oxygens (including phenoxy) is 1. The first-order valence-electron chi connectivity index (χ1n) is 7.46. The molecule has 1 aromatic carbocycles. The highest BCUT2D eigenvalue weighted by atomic mass is 35.5. The minimum absolute atomic E-state index is 0.185. The van der Waals surface area contributed by atoms with Crippen LogP contribution in [0.3, 0.4) is 0 Å². The molecule has 0 radical (unpaired) electrons. The number of thioether (sulfide) groups is 1. The van der Waals surface area contributed by atoms with E-state index < -0.39 is 5.97 Å². The normalized spacial score (nSPS) is 10.7. The highest BCUT2D eigenvalue weighted by molar-refractivity contribution is 7.98. The summed E-state index contributed by atoms with van der Waals surface area (Å²) in [7, 11) is 1.32. The van der Waals surface area contributed by atoms with E-state index in [0.717, 1.165) is 17.0 Å². The van der Waals surface area contributed by atoms with Gasteiger partial charge in [0.25, 0.3) is 0 Å². The molecule has 5 nitrogen and oxygen atoms in total. The molecule has 0 spiro atoms. The number of carbonyl (C=O) groups is 1. The molecule has 0 bridgehead atoms. The summed E-state index contributed by atoms with van der Waals surface area (Å²) in [5.74, 6) is 0.863. The van der Waals surface area contributed by atoms with Crippen LogP contribution in [0.5, 0.6) is 0 Å². The van der Waals surface area contributed by atoms with Gasteiger partial charge in [-0.25, -0.2) is 14.8 Å². The Labute approximate surface area is 154 Å². The van der Waals surface area contributed by atoms with Crippen molar-refractivity contribution in [2.45, 2.75) is 17.8 Å². The van der Waals surface area contributed by atoms with Crippen LogP contribution in [0.4, 0.5) is 0 Å². The minimum Gasteiger partial charge on any atom is -0.463 e. The van der Waals surface area contributed by atoms with Gasteiger partial charge in [0.15, 0.2) is 5.16 Å². The number of aryl methyl sites for hydroxylation is 1. The largest absolute Gasteiger partial charge is 0.463 e. The second-order valence-electron chi connectivity index (χ2n) is 5.23. The SMILES string of the molecule is COC(=O)c1ccc(CSc2nc(C)cc(-c3ccc(Cl)cc3)n2)o1. The molecule has 0 aliphatic rings. The molecule has 128 valence electrons. The van der Waals surface area contributed by atoms with E-state index in [0.29, 0.717) is 21.7 Å². The summed E-state index contributed by atoms with van der Waals surface area (Å²) in [6, 6.07) is 12.8. The van der Waals surface area contributed by atoms with Gasteiger partial charge in [-0.05, 0) is 37.3 Å². The Morgan fingerprint density at radius 1 is 1.20 bits per heavy atom. The highest BCUT2D eigenvalue weighted by Crippen LogP contribution is 2.25. The molecule has 0 N–H and O–H groups in total. The van der Waals surface area contributed by atoms with E-state index in [1.807, 2.05) is 37.3 Å². The molecule has 0 aliphatic heterocycles. The van der Waals surface area contributed by atoms with Crippen molar-refractivity contribution in [3.8, 4) is 11.3 Å². The maximum atomic E-state index is 11.4. The van der Waals surface area contributed by atoms with Crippen LogP contribution in [0.15, 0.2) is 52.0 Å².